The van der Waals surface area contributed by atoms with Crippen LogP contribution in [0.2, 0.25) is 5.02 Å². The van der Waals surface area contributed by atoms with Crippen LogP contribution >= 0.6 is 27.5 Å². The highest BCUT2D eigenvalue weighted by atomic mass is 79.9. The van der Waals surface area contributed by atoms with Crippen molar-refractivity contribution in [1.29, 1.82) is 0 Å². The van der Waals surface area contributed by atoms with E-state index in [2.05, 4.69) is 55.6 Å². The predicted octanol–water partition coefficient (Wildman–Crippen LogP) is 5.07. The summed E-state index contributed by atoms with van der Waals surface area (Å²) in [6.45, 7) is 7.02. The van der Waals surface area contributed by atoms with Crippen molar-refractivity contribution >= 4 is 45.0 Å². The van der Waals surface area contributed by atoms with E-state index >= 15 is 0 Å². The number of hydrogen-bond donors (Lipinski definition) is 2. The van der Waals surface area contributed by atoms with Crippen molar-refractivity contribution in [2.45, 2.75) is 27.2 Å². The zero-order chi connectivity index (χ0) is 15.4. The molecule has 0 saturated heterocycles. The molecule has 0 saturated carbocycles. The van der Waals surface area contributed by atoms with Gasteiger partial charge in [-0.05, 0) is 43.5 Å². The lowest BCUT2D eigenvalue weighted by Crippen LogP contribution is -2.06. The van der Waals surface area contributed by atoms with Crippen molar-refractivity contribution in [3.05, 3.63) is 39.0 Å². The second kappa shape index (κ2) is 7.09. The van der Waals surface area contributed by atoms with Gasteiger partial charge in [-0.2, -0.15) is 4.98 Å². The van der Waals surface area contributed by atoms with Crippen LogP contribution in [0.5, 0.6) is 0 Å². The summed E-state index contributed by atoms with van der Waals surface area (Å²) in [6.07, 6.45) is 2.62. The molecule has 0 atom stereocenters. The number of rotatable bonds is 5. The maximum absolute atomic E-state index is 6.19. The molecule has 1 aromatic heterocycles. The van der Waals surface area contributed by atoms with Crippen LogP contribution in [-0.2, 0) is 0 Å². The molecule has 0 aliphatic rings. The van der Waals surface area contributed by atoms with E-state index in [1.54, 1.807) is 6.20 Å². The highest BCUT2D eigenvalue weighted by Gasteiger charge is 2.10. The normalized spacial score (nSPS) is 10.5. The Morgan fingerprint density at radius 2 is 1.90 bits per heavy atom. The van der Waals surface area contributed by atoms with Crippen LogP contribution in [0, 0.1) is 13.8 Å². The summed E-state index contributed by atoms with van der Waals surface area (Å²) in [7, 11) is 0. The molecule has 1 aromatic carbocycles. The van der Waals surface area contributed by atoms with E-state index < -0.39 is 0 Å². The topological polar surface area (TPSA) is 49.8 Å². The van der Waals surface area contributed by atoms with Gasteiger partial charge in [0.1, 0.15) is 5.02 Å². The standard InChI is InChI=1S/C15H18BrClN4/c1-4-5-18-15-19-8-12(17)14(21-15)20-13-9(2)6-11(16)7-10(13)3/h6-8H,4-5H2,1-3H3,(H2,18,19,20,21). The number of aromatic nitrogens is 2. The van der Waals surface area contributed by atoms with Gasteiger partial charge in [-0.1, -0.05) is 34.5 Å². The minimum Gasteiger partial charge on any atom is -0.354 e. The fourth-order valence-corrected chi connectivity index (χ4v) is 2.83. The fraction of sp³-hybridized carbons (Fsp3) is 0.333. The lowest BCUT2D eigenvalue weighted by molar-refractivity contribution is 0.953. The Morgan fingerprint density at radius 3 is 2.52 bits per heavy atom. The lowest BCUT2D eigenvalue weighted by atomic mass is 10.1. The molecule has 0 spiro atoms. The van der Waals surface area contributed by atoms with Crippen molar-refractivity contribution in [1.82, 2.24) is 9.97 Å². The summed E-state index contributed by atoms with van der Waals surface area (Å²) < 4.78 is 1.06. The van der Waals surface area contributed by atoms with E-state index in [4.69, 9.17) is 11.6 Å². The monoisotopic (exact) mass is 368 g/mol. The summed E-state index contributed by atoms with van der Waals surface area (Å²) in [4.78, 5) is 8.61. The summed E-state index contributed by atoms with van der Waals surface area (Å²) in [5, 5.41) is 6.97. The zero-order valence-electron chi connectivity index (χ0n) is 12.3. The molecule has 112 valence electrons. The zero-order valence-corrected chi connectivity index (χ0v) is 14.6. The van der Waals surface area contributed by atoms with Gasteiger partial charge in [0.25, 0.3) is 0 Å². The summed E-state index contributed by atoms with van der Waals surface area (Å²) >= 11 is 9.69. The van der Waals surface area contributed by atoms with Gasteiger partial charge >= 0.3 is 0 Å². The fourth-order valence-electron chi connectivity index (χ4n) is 2.00. The minimum atomic E-state index is 0.499. The molecular formula is C15H18BrClN4. The van der Waals surface area contributed by atoms with Crippen LogP contribution in [0.15, 0.2) is 22.8 Å². The van der Waals surface area contributed by atoms with E-state index in [1.165, 1.54) is 0 Å². The molecule has 2 aromatic rings. The third-order valence-electron chi connectivity index (χ3n) is 3.02. The van der Waals surface area contributed by atoms with Gasteiger partial charge in [0.15, 0.2) is 5.82 Å². The molecule has 2 rings (SSSR count). The lowest BCUT2D eigenvalue weighted by Gasteiger charge is -2.14. The number of hydrogen-bond acceptors (Lipinski definition) is 4. The first-order valence-corrected chi connectivity index (χ1v) is 7.98. The van der Waals surface area contributed by atoms with Crippen molar-refractivity contribution in [2.24, 2.45) is 0 Å². The largest absolute Gasteiger partial charge is 0.354 e. The summed E-state index contributed by atoms with van der Waals surface area (Å²) in [6, 6.07) is 4.11. The SMILES string of the molecule is CCCNc1ncc(Cl)c(Nc2c(C)cc(Br)cc2C)n1. The first kappa shape index (κ1) is 16.0. The van der Waals surface area contributed by atoms with Gasteiger partial charge in [-0.25, -0.2) is 4.98 Å². The predicted molar refractivity (Wildman–Crippen MR) is 92.7 cm³/mol. The van der Waals surface area contributed by atoms with E-state index in [1.807, 2.05) is 13.8 Å². The highest BCUT2D eigenvalue weighted by Crippen LogP contribution is 2.30. The van der Waals surface area contributed by atoms with E-state index in [0.717, 1.165) is 34.3 Å². The molecule has 21 heavy (non-hydrogen) atoms. The quantitative estimate of drug-likeness (QED) is 0.772. The number of benzene rings is 1. The van der Waals surface area contributed by atoms with Gasteiger partial charge < -0.3 is 10.6 Å². The number of nitrogens with zero attached hydrogens (tertiary/aromatic N) is 2. The smallest absolute Gasteiger partial charge is 0.224 e. The average molecular weight is 370 g/mol. The van der Waals surface area contributed by atoms with Crippen LogP contribution in [-0.4, -0.2) is 16.5 Å². The molecule has 0 aliphatic heterocycles. The molecule has 6 heteroatoms. The van der Waals surface area contributed by atoms with Gasteiger partial charge in [-0.3, -0.25) is 0 Å². The van der Waals surface area contributed by atoms with Gasteiger partial charge in [0.2, 0.25) is 5.95 Å². The Bertz CT molecular complexity index is 623. The van der Waals surface area contributed by atoms with Crippen molar-refractivity contribution in [3.8, 4) is 0 Å². The minimum absolute atomic E-state index is 0.499. The van der Waals surface area contributed by atoms with E-state index in [0.29, 0.717) is 16.8 Å². The maximum Gasteiger partial charge on any atom is 0.224 e. The molecule has 0 amide bonds. The second-order valence-electron chi connectivity index (χ2n) is 4.86. The molecule has 0 aliphatic carbocycles. The number of aryl methyl sites for hydroxylation is 2. The molecule has 0 fully saturated rings. The Hall–Kier alpha value is -1.33. The van der Waals surface area contributed by atoms with E-state index in [9.17, 15) is 0 Å². The van der Waals surface area contributed by atoms with Crippen molar-refractivity contribution < 1.29 is 0 Å². The summed E-state index contributed by atoms with van der Waals surface area (Å²) in [5.41, 5.74) is 3.26. The Morgan fingerprint density at radius 1 is 1.24 bits per heavy atom. The van der Waals surface area contributed by atoms with Crippen LogP contribution in [0.4, 0.5) is 17.5 Å². The molecule has 4 nitrogen and oxygen atoms in total. The van der Waals surface area contributed by atoms with Gasteiger partial charge in [0, 0.05) is 16.7 Å². The Kier molecular flexibility index (Phi) is 5.42. The highest BCUT2D eigenvalue weighted by molar-refractivity contribution is 9.10. The van der Waals surface area contributed by atoms with Crippen molar-refractivity contribution in [3.63, 3.8) is 0 Å². The second-order valence-corrected chi connectivity index (χ2v) is 6.18. The molecular weight excluding hydrogens is 352 g/mol. The number of anilines is 3. The molecule has 1 heterocycles. The maximum atomic E-state index is 6.19. The third kappa shape index (κ3) is 4.08. The number of nitrogens with one attached hydrogen (secondary N) is 2. The number of halogens is 2. The first-order valence-electron chi connectivity index (χ1n) is 6.81. The van der Waals surface area contributed by atoms with Crippen LogP contribution < -0.4 is 10.6 Å². The van der Waals surface area contributed by atoms with Crippen molar-refractivity contribution in [2.75, 3.05) is 17.2 Å². The van der Waals surface area contributed by atoms with Crippen LogP contribution in [0.25, 0.3) is 0 Å². The van der Waals surface area contributed by atoms with E-state index in [-0.39, 0.29) is 0 Å². The molecule has 0 bridgehead atoms. The molecule has 0 radical (unpaired) electrons. The molecule has 2 N–H and O–H groups in total. The van der Waals surface area contributed by atoms with Crippen LogP contribution in [0.3, 0.4) is 0 Å². The molecule has 0 unspecified atom stereocenters. The summed E-state index contributed by atoms with van der Waals surface area (Å²) in [5.74, 6) is 1.19. The van der Waals surface area contributed by atoms with Gasteiger partial charge in [0.05, 0.1) is 6.20 Å². The van der Waals surface area contributed by atoms with Crippen LogP contribution in [0.1, 0.15) is 24.5 Å². The first-order chi connectivity index (χ1) is 10.0. The Balaban J connectivity index is 2.31. The van der Waals surface area contributed by atoms with Gasteiger partial charge in [-0.15, -0.1) is 0 Å². The Labute approximate surface area is 138 Å². The average Bonchev–Trinajstić information content (AvgIpc) is 2.43. The third-order valence-corrected chi connectivity index (χ3v) is 3.75.